The zero-order chi connectivity index (χ0) is 99.0. The van der Waals surface area contributed by atoms with Crippen molar-refractivity contribution in [3.63, 3.8) is 0 Å². The van der Waals surface area contributed by atoms with Crippen LogP contribution in [0.5, 0.6) is 86.2 Å². The zero-order valence-corrected chi connectivity index (χ0v) is 82.8. The molecule has 18 rings (SSSR count). The van der Waals surface area contributed by atoms with Crippen LogP contribution in [0.15, 0.2) is 188 Å². The van der Waals surface area contributed by atoms with Gasteiger partial charge in [0.25, 0.3) is 17.5 Å². The van der Waals surface area contributed by atoms with Crippen molar-refractivity contribution in [2.75, 3.05) is 5.32 Å². The molecule has 6 aliphatic rings. The third-order valence-corrected chi connectivity index (χ3v) is 27.4. The summed E-state index contributed by atoms with van der Waals surface area (Å²) in [5, 5.41) is 92.9. The molecule has 135 heavy (non-hydrogen) atoms. The number of benzene rings is 12. The van der Waals surface area contributed by atoms with Crippen molar-refractivity contribution < 1.29 is 88.8 Å². The fraction of sp³-hybridized carbons (Fsp3) is 0.353. The topological polar surface area (TPSA) is 301 Å². The molecule has 0 bridgehead atoms. The summed E-state index contributed by atoms with van der Waals surface area (Å²) in [7, 11) is 0. The van der Waals surface area contributed by atoms with Crippen LogP contribution >= 0.6 is 0 Å². The van der Waals surface area contributed by atoms with E-state index in [2.05, 4.69) is 101 Å². The second-order valence-electron chi connectivity index (χ2n) is 42.2. The van der Waals surface area contributed by atoms with Crippen LogP contribution in [0.3, 0.4) is 0 Å². The first-order valence-electron chi connectivity index (χ1n) is 46.0. The maximum absolute atomic E-state index is 12.2. The van der Waals surface area contributed by atoms with Crippen LogP contribution in [-0.2, 0) is 37.9 Å². The number of phenolic OH excluding ortho intramolecular Hbond substituents is 9. The van der Waals surface area contributed by atoms with E-state index in [-0.39, 0.29) is 72.6 Å². The molecule has 0 saturated carbocycles. The molecule has 708 valence electrons. The highest BCUT2D eigenvalue weighted by molar-refractivity contribution is 6.04. The molecule has 12 aromatic carbocycles. The first-order chi connectivity index (χ1) is 62.8. The summed E-state index contributed by atoms with van der Waals surface area (Å²) in [5.41, 5.74) is 22.3. The quantitative estimate of drug-likeness (QED) is 0.0546. The number of ether oxygens (including phenoxy) is 6. The highest BCUT2D eigenvalue weighted by Crippen LogP contribution is 2.65. The molecular weight excluding hydrogens is 1700 g/mol. The van der Waals surface area contributed by atoms with Gasteiger partial charge in [-0.05, 0) is 319 Å². The van der Waals surface area contributed by atoms with Crippen molar-refractivity contribution in [1.29, 1.82) is 0 Å². The van der Waals surface area contributed by atoms with Crippen LogP contribution in [0.2, 0.25) is 0 Å². The number of rotatable bonds is 6. The van der Waals surface area contributed by atoms with Gasteiger partial charge in [0, 0.05) is 98.4 Å². The van der Waals surface area contributed by atoms with Gasteiger partial charge in [-0.1, -0.05) is 161 Å². The summed E-state index contributed by atoms with van der Waals surface area (Å²) in [5.74, 6) is 3.76. The van der Waals surface area contributed by atoms with E-state index >= 15 is 0 Å². The number of carbonyl (C=O) groups excluding carboxylic acids is 3. The summed E-state index contributed by atoms with van der Waals surface area (Å²) >= 11 is 0. The fourth-order valence-electron chi connectivity index (χ4n) is 20.9. The molecule has 10 N–H and O–H groups in total. The molecular formula is C116H131NO18. The second kappa shape index (κ2) is 36.7. The average molecular weight is 1830 g/mol. The zero-order valence-electron chi connectivity index (χ0n) is 82.8. The number of aryl methyl sites for hydroxylation is 14. The van der Waals surface area contributed by atoms with Crippen molar-refractivity contribution >= 4 is 23.5 Å². The molecule has 4 heterocycles. The number of amides is 1. The van der Waals surface area contributed by atoms with Gasteiger partial charge < -0.3 is 79.7 Å². The molecule has 19 heteroatoms. The Morgan fingerprint density at radius 1 is 0.274 bits per heavy atom. The molecule has 4 aliphatic heterocycles. The van der Waals surface area contributed by atoms with Crippen molar-refractivity contribution in [1.82, 2.24) is 0 Å². The first-order valence-corrected chi connectivity index (χ1v) is 46.0. The van der Waals surface area contributed by atoms with Gasteiger partial charge in [0.15, 0.2) is 0 Å². The Balaban J connectivity index is 0.000000138. The van der Waals surface area contributed by atoms with E-state index in [0.717, 1.165) is 96.8 Å². The van der Waals surface area contributed by atoms with Gasteiger partial charge in [-0.15, -0.1) is 0 Å². The molecule has 3 spiro atoms. The first kappa shape index (κ1) is 98.9. The summed E-state index contributed by atoms with van der Waals surface area (Å²) in [6, 6.07) is 56.8. The molecule has 0 saturated heterocycles. The predicted molar refractivity (Wildman–Crippen MR) is 531 cm³/mol. The van der Waals surface area contributed by atoms with Crippen LogP contribution in [0.25, 0.3) is 0 Å². The van der Waals surface area contributed by atoms with Gasteiger partial charge in [-0.2, -0.15) is 0 Å². The fourth-order valence-corrected chi connectivity index (χ4v) is 20.9. The van der Waals surface area contributed by atoms with Gasteiger partial charge >= 0.3 is 11.9 Å². The normalized spacial score (nSPS) is 16.6. The number of hydrogen-bond acceptors (Lipinski definition) is 18. The maximum Gasteiger partial charge on any atom is 0.343 e. The smallest absolute Gasteiger partial charge is 0.343 e. The van der Waals surface area contributed by atoms with Crippen molar-refractivity contribution in [2.24, 2.45) is 0 Å². The van der Waals surface area contributed by atoms with E-state index in [9.17, 15) is 60.3 Å². The third kappa shape index (κ3) is 20.6. The van der Waals surface area contributed by atoms with Crippen LogP contribution in [-0.4, -0.2) is 75.4 Å². The molecule has 0 aromatic heterocycles. The lowest BCUT2D eigenvalue weighted by Crippen LogP contribution is -2.55. The highest BCUT2D eigenvalue weighted by Gasteiger charge is 2.58. The van der Waals surface area contributed by atoms with E-state index in [0.29, 0.717) is 122 Å². The van der Waals surface area contributed by atoms with Crippen LogP contribution < -0.4 is 33.7 Å². The number of hydrogen-bond donors (Lipinski definition) is 10. The van der Waals surface area contributed by atoms with E-state index < -0.39 is 23.5 Å². The van der Waals surface area contributed by atoms with Crippen molar-refractivity contribution in [2.45, 2.75) is 268 Å². The molecule has 2 aliphatic carbocycles. The van der Waals surface area contributed by atoms with Crippen LogP contribution in [0, 0.1) is 96.9 Å². The summed E-state index contributed by atoms with van der Waals surface area (Å²) in [6.07, 6.45) is 4.76. The number of fused-ring (bicyclic) bond motifs is 8. The standard InChI is InChI=1S/C23H28O4.C23H28O2.C21H24O4.2C17H18O3.C15H15NO2/c1-13-7-19-15(9-17(13)24)21(3,4)11-23(26-19)12-22(5,6)16-10-18(25)14(2)8-20(16)27-23;1-13-7-15-17(9-19(13)24)23(11-21(15,3)4)12-22(5,6)16-8-14(2)20(25)10-18(16)23;1-19(2)11-21(24-17-9-13(22)5-7-15(17)19)12-20(3,4)16-8-6-14(23)10-18(16)25-21;2*1-10-5-6-15(11(2)7-10)20-17(19)14-8-12(3)16(18)13(4)9-14;1-10-8-12(9-11(2)14(10)17)15(18)16-13-6-4-3-5-7-13/h7-10,24-25H,11-12H2,1-6H3;7-10,24-25H,11-12H2,1-6H3;5-10,22-23H,11-12H2,1-4H3;2*5-9,18H,1-4H3;3-9,17H,1-2H3,(H,16,18). The van der Waals surface area contributed by atoms with Crippen LogP contribution in [0.1, 0.15) is 275 Å². The largest absolute Gasteiger partial charge is 0.508 e. The lowest BCUT2D eigenvalue weighted by atomic mass is 9.69. The van der Waals surface area contributed by atoms with Crippen LogP contribution in [0.4, 0.5) is 5.69 Å². The Labute approximate surface area is 794 Å². The van der Waals surface area contributed by atoms with E-state index in [1.54, 1.807) is 114 Å². The highest BCUT2D eigenvalue weighted by atomic mass is 16.7. The number of esters is 2. The molecule has 0 fully saturated rings. The van der Waals surface area contributed by atoms with E-state index in [1.807, 2.05) is 159 Å². The predicted octanol–water partition coefficient (Wildman–Crippen LogP) is 26.2. The Kier molecular flexibility index (Phi) is 26.9. The van der Waals surface area contributed by atoms with E-state index in [4.69, 9.17) is 28.4 Å². The number of phenols is 9. The molecule has 0 radical (unpaired) electrons. The molecule has 19 nitrogen and oxygen atoms in total. The Bertz CT molecular complexity index is 6250. The SMILES string of the molecule is CC1(C)CC2(CC(C)(C)c3ccc(O)cc3O2)Oc2cc(O)ccc21.Cc1cc(C(=O)Nc2ccccc2)cc(C)c1O.Cc1cc2c(cc1O)C(C)(C)CC1(CC(C)(C)c3cc(O)c(C)cc3O1)O2.Cc1cc2c(cc1O)C1(CC2(C)C)CC(C)(C)c2cc(C)c(O)cc21.Cc1ccc(OC(=O)c2cc(C)c(O)c(C)c2)c(C)c1.Cc1ccc(OC(=O)c2cc(C)c(O)c(C)c2)c(C)c1. The lowest BCUT2D eigenvalue weighted by Gasteiger charge is -2.51. The third-order valence-electron chi connectivity index (χ3n) is 27.4. The van der Waals surface area contributed by atoms with Crippen molar-refractivity contribution in [3.8, 4) is 86.2 Å². The Morgan fingerprint density at radius 2 is 0.563 bits per heavy atom. The number of para-hydroxylation sites is 1. The minimum absolute atomic E-state index is 0.0476. The Morgan fingerprint density at radius 3 is 0.889 bits per heavy atom. The van der Waals surface area contributed by atoms with Gasteiger partial charge in [0.2, 0.25) is 0 Å². The molecule has 0 atom stereocenters. The van der Waals surface area contributed by atoms with Gasteiger partial charge in [-0.3, -0.25) is 4.79 Å². The number of carbonyl (C=O) groups is 3. The van der Waals surface area contributed by atoms with Gasteiger partial charge in [0.1, 0.15) is 86.2 Å². The molecule has 0 unspecified atom stereocenters. The molecule has 1 amide bonds. The number of nitrogens with one attached hydrogen (secondary N) is 1. The minimum Gasteiger partial charge on any atom is -0.508 e. The second-order valence-corrected chi connectivity index (χ2v) is 42.2. The van der Waals surface area contributed by atoms with Gasteiger partial charge in [-0.25, -0.2) is 9.59 Å². The summed E-state index contributed by atoms with van der Waals surface area (Å²) in [6.45, 7) is 52.6. The Hall–Kier alpha value is -13.6. The summed E-state index contributed by atoms with van der Waals surface area (Å²) in [4.78, 5) is 36.4. The number of anilines is 1. The lowest BCUT2D eigenvalue weighted by molar-refractivity contribution is -0.167. The monoisotopic (exact) mass is 1830 g/mol. The van der Waals surface area contributed by atoms with Crippen molar-refractivity contribution in [3.05, 3.63) is 327 Å². The minimum atomic E-state index is -0.825. The number of aromatic hydroxyl groups is 9. The maximum atomic E-state index is 12.2. The summed E-state index contributed by atoms with van der Waals surface area (Å²) < 4.78 is 36.5. The molecule has 12 aromatic rings. The van der Waals surface area contributed by atoms with Gasteiger partial charge in [0.05, 0.1) is 11.1 Å². The van der Waals surface area contributed by atoms with E-state index in [1.165, 1.54) is 22.3 Å². The average Bonchev–Trinajstić information content (AvgIpc) is 1.56.